The Labute approximate surface area is 196 Å². The van der Waals surface area contributed by atoms with Crippen LogP contribution in [-0.2, 0) is 0 Å². The molecule has 2 aromatic carbocycles. The van der Waals surface area contributed by atoms with Crippen molar-refractivity contribution in [3.63, 3.8) is 0 Å². The van der Waals surface area contributed by atoms with Gasteiger partial charge in [0.25, 0.3) is 0 Å². The van der Waals surface area contributed by atoms with Crippen LogP contribution in [-0.4, -0.2) is 56.6 Å². The maximum atomic E-state index is 9.50. The van der Waals surface area contributed by atoms with Gasteiger partial charge in [0, 0.05) is 50.1 Å². The third-order valence-electron chi connectivity index (χ3n) is 6.21. The Kier molecular flexibility index (Phi) is 6.86. The van der Waals surface area contributed by atoms with E-state index in [1.807, 2.05) is 50.2 Å². The maximum absolute atomic E-state index is 9.50. The van der Waals surface area contributed by atoms with E-state index >= 15 is 0 Å². The van der Waals surface area contributed by atoms with Crippen molar-refractivity contribution in [3.8, 4) is 17.4 Å². The lowest BCUT2D eigenvalue weighted by Crippen LogP contribution is -2.44. The van der Waals surface area contributed by atoms with Gasteiger partial charge >= 0.3 is 0 Å². The van der Waals surface area contributed by atoms with Gasteiger partial charge in [-0.2, -0.15) is 5.26 Å². The van der Waals surface area contributed by atoms with E-state index in [4.69, 9.17) is 4.42 Å². The number of anilines is 1. The van der Waals surface area contributed by atoms with E-state index in [2.05, 4.69) is 59.3 Å². The van der Waals surface area contributed by atoms with Crippen molar-refractivity contribution >= 4 is 22.0 Å². The first-order valence-corrected chi connectivity index (χ1v) is 11.7. The molecule has 2 aliphatic rings. The Morgan fingerprint density at radius 2 is 1.55 bits per heavy atom. The Balaban J connectivity index is 0.00000126. The molecule has 3 heterocycles. The molecular formula is C28H32N4O. The molecule has 0 atom stereocenters. The molecule has 0 amide bonds. The summed E-state index contributed by atoms with van der Waals surface area (Å²) in [5.41, 5.74) is 3.92. The molecule has 0 N–H and O–H groups in total. The number of hydrogen-bond donors (Lipinski definition) is 0. The molecule has 1 aromatic heterocycles. The zero-order chi connectivity index (χ0) is 23.4. The van der Waals surface area contributed by atoms with Gasteiger partial charge in [0.05, 0.1) is 18.2 Å². The molecule has 5 nitrogen and oxygen atoms in total. The number of hydrogen-bond acceptors (Lipinski definition) is 5. The van der Waals surface area contributed by atoms with Crippen LogP contribution in [0.5, 0.6) is 0 Å². The van der Waals surface area contributed by atoms with E-state index in [9.17, 15) is 5.26 Å². The van der Waals surface area contributed by atoms with Crippen molar-refractivity contribution in [2.45, 2.75) is 13.8 Å². The molecule has 5 heteroatoms. The molecule has 3 aromatic rings. The fraction of sp³-hybridized carbons (Fsp3) is 0.321. The van der Waals surface area contributed by atoms with Crippen LogP contribution in [0, 0.1) is 11.3 Å². The quantitative estimate of drug-likeness (QED) is 0.529. The number of rotatable bonds is 3. The Hall–Kier alpha value is -3.49. The summed E-state index contributed by atoms with van der Waals surface area (Å²) < 4.78 is 6.16. The summed E-state index contributed by atoms with van der Waals surface area (Å²) >= 11 is 0. The van der Waals surface area contributed by atoms with Crippen LogP contribution >= 0.6 is 0 Å². The predicted molar refractivity (Wildman–Crippen MR) is 137 cm³/mol. The largest absolute Gasteiger partial charge is 0.456 e. The fourth-order valence-corrected chi connectivity index (χ4v) is 4.30. The van der Waals surface area contributed by atoms with Crippen molar-refractivity contribution in [3.05, 3.63) is 72.1 Å². The minimum atomic E-state index is 0.601. The van der Waals surface area contributed by atoms with Crippen LogP contribution in [0.25, 0.3) is 27.7 Å². The van der Waals surface area contributed by atoms with Gasteiger partial charge in [-0.1, -0.05) is 32.0 Å². The molecule has 5 rings (SSSR count). The zero-order valence-electron chi connectivity index (χ0n) is 20.0. The second-order valence-electron chi connectivity index (χ2n) is 8.44. The summed E-state index contributed by atoms with van der Waals surface area (Å²) in [6.45, 7) is 8.95. The molecule has 0 saturated carbocycles. The molecule has 170 valence electrons. The van der Waals surface area contributed by atoms with Crippen molar-refractivity contribution in [2.75, 3.05) is 51.7 Å². The van der Waals surface area contributed by atoms with Gasteiger partial charge in [-0.15, -0.1) is 0 Å². The van der Waals surface area contributed by atoms with Gasteiger partial charge in [0.15, 0.2) is 0 Å². The molecule has 0 bridgehead atoms. The molecule has 0 aliphatic carbocycles. The second-order valence-corrected chi connectivity index (χ2v) is 8.44. The highest BCUT2D eigenvalue weighted by Crippen LogP contribution is 2.32. The number of fused-ring (bicyclic) bond motifs is 1. The highest BCUT2D eigenvalue weighted by atomic mass is 16.3. The predicted octanol–water partition coefficient (Wildman–Crippen LogP) is 5.61. The number of allylic oxidation sites excluding steroid dienone is 2. The number of nitriles is 1. The standard InChI is InChI=1S/C26H26N4O.C2H6/c1-28-11-13-30(14-12-28)23-6-5-19-15-21(4-3-20(19)16-23)25-7-8-26(31-25)24-9-10-29(2)18-22(24)17-27;1-2/h3-10,15-16H,11-14,18H2,1-2H3;1-2H3. The highest BCUT2D eigenvalue weighted by molar-refractivity contribution is 5.89. The van der Waals surface area contributed by atoms with Crippen molar-refractivity contribution in [1.29, 1.82) is 5.26 Å². The van der Waals surface area contributed by atoms with Gasteiger partial charge in [-0.3, -0.25) is 0 Å². The lowest BCUT2D eigenvalue weighted by Gasteiger charge is -2.34. The monoisotopic (exact) mass is 440 g/mol. The Morgan fingerprint density at radius 1 is 0.848 bits per heavy atom. The van der Waals surface area contributed by atoms with E-state index in [1.165, 1.54) is 16.5 Å². The lowest BCUT2D eigenvalue weighted by atomic mass is 10.0. The number of likely N-dealkylation sites (N-methyl/N-ethyl adjacent to an activating group) is 2. The normalized spacial score (nSPS) is 16.6. The van der Waals surface area contributed by atoms with Crippen molar-refractivity contribution < 1.29 is 4.42 Å². The summed E-state index contributed by atoms with van der Waals surface area (Å²) in [5, 5.41) is 11.9. The number of nitrogens with zero attached hydrogens (tertiary/aromatic N) is 4. The van der Waals surface area contributed by atoms with Crippen LogP contribution in [0.1, 0.15) is 19.6 Å². The molecule has 0 unspecified atom stereocenters. The maximum Gasteiger partial charge on any atom is 0.135 e. The fourth-order valence-electron chi connectivity index (χ4n) is 4.30. The topological polar surface area (TPSA) is 46.6 Å². The zero-order valence-corrected chi connectivity index (χ0v) is 20.0. The summed E-state index contributed by atoms with van der Waals surface area (Å²) in [6, 6.07) is 19.4. The van der Waals surface area contributed by atoms with Crippen LogP contribution < -0.4 is 4.90 Å². The van der Waals surface area contributed by atoms with Crippen LogP contribution in [0.2, 0.25) is 0 Å². The molecule has 0 radical (unpaired) electrons. The first kappa shape index (κ1) is 22.7. The summed E-state index contributed by atoms with van der Waals surface area (Å²) in [6.07, 6.45) is 3.93. The molecule has 0 spiro atoms. The van der Waals surface area contributed by atoms with E-state index in [1.54, 1.807) is 0 Å². The van der Waals surface area contributed by atoms with Crippen molar-refractivity contribution in [2.24, 2.45) is 0 Å². The number of furan rings is 1. The van der Waals surface area contributed by atoms with E-state index < -0.39 is 0 Å². The van der Waals surface area contributed by atoms with Gasteiger partial charge in [-0.25, -0.2) is 0 Å². The molecular weight excluding hydrogens is 408 g/mol. The lowest BCUT2D eigenvalue weighted by molar-refractivity contribution is 0.313. The van der Waals surface area contributed by atoms with E-state index in [-0.39, 0.29) is 0 Å². The molecule has 33 heavy (non-hydrogen) atoms. The average molecular weight is 441 g/mol. The van der Waals surface area contributed by atoms with E-state index in [0.29, 0.717) is 6.54 Å². The summed E-state index contributed by atoms with van der Waals surface area (Å²) in [7, 11) is 4.14. The van der Waals surface area contributed by atoms with Crippen LogP contribution in [0.15, 0.2) is 70.8 Å². The first-order valence-electron chi connectivity index (χ1n) is 11.7. The SMILES string of the molecule is CC.CN1C=CC(c2ccc(-c3ccc4cc(N5CCN(C)CC5)ccc4c3)o2)=C(C#N)C1. The highest BCUT2D eigenvalue weighted by Gasteiger charge is 2.17. The summed E-state index contributed by atoms with van der Waals surface area (Å²) in [4.78, 5) is 6.83. The minimum absolute atomic E-state index is 0.601. The van der Waals surface area contributed by atoms with Gasteiger partial charge in [0.2, 0.25) is 0 Å². The van der Waals surface area contributed by atoms with Crippen LogP contribution in [0.4, 0.5) is 5.69 Å². The smallest absolute Gasteiger partial charge is 0.135 e. The van der Waals surface area contributed by atoms with Gasteiger partial charge < -0.3 is 19.1 Å². The Morgan fingerprint density at radius 3 is 2.30 bits per heavy atom. The minimum Gasteiger partial charge on any atom is -0.456 e. The second kappa shape index (κ2) is 9.97. The van der Waals surface area contributed by atoms with E-state index in [0.717, 1.165) is 54.4 Å². The Bertz CT molecular complexity index is 1220. The molecule has 1 fully saturated rings. The third-order valence-corrected chi connectivity index (χ3v) is 6.21. The van der Waals surface area contributed by atoms with Gasteiger partial charge in [0.1, 0.15) is 11.5 Å². The first-order chi connectivity index (χ1) is 16.1. The number of piperazine rings is 1. The average Bonchev–Trinajstić information content (AvgIpc) is 3.35. The van der Waals surface area contributed by atoms with Crippen LogP contribution in [0.3, 0.4) is 0 Å². The van der Waals surface area contributed by atoms with Gasteiger partial charge in [-0.05, 0) is 60.4 Å². The molecule has 1 saturated heterocycles. The third kappa shape index (κ3) is 4.81. The summed E-state index contributed by atoms with van der Waals surface area (Å²) in [5.74, 6) is 1.55. The van der Waals surface area contributed by atoms with Crippen molar-refractivity contribution in [1.82, 2.24) is 9.80 Å². The number of benzene rings is 2. The molecule has 2 aliphatic heterocycles.